The Bertz CT molecular complexity index is 902. The summed E-state index contributed by atoms with van der Waals surface area (Å²) >= 11 is 7.67. The summed E-state index contributed by atoms with van der Waals surface area (Å²) in [7, 11) is -3.73. The van der Waals surface area contributed by atoms with E-state index in [1.54, 1.807) is 19.1 Å². The second kappa shape index (κ2) is 9.34. The lowest BCUT2D eigenvalue weighted by atomic mass is 10.0. The molecule has 1 N–H and O–H groups in total. The van der Waals surface area contributed by atoms with E-state index >= 15 is 0 Å². The molecule has 0 aliphatic carbocycles. The van der Waals surface area contributed by atoms with E-state index in [4.69, 9.17) is 11.6 Å². The fraction of sp³-hybridized carbons (Fsp3) is 0.167. The predicted molar refractivity (Wildman–Crippen MR) is 111 cm³/mol. The van der Waals surface area contributed by atoms with E-state index in [9.17, 15) is 8.42 Å². The van der Waals surface area contributed by atoms with Crippen LogP contribution in [0.4, 0.5) is 0 Å². The Morgan fingerprint density at radius 2 is 1.84 bits per heavy atom. The van der Waals surface area contributed by atoms with Crippen molar-refractivity contribution in [2.45, 2.75) is 24.3 Å². The minimum atomic E-state index is -3.73. The second-order valence-electron chi connectivity index (χ2n) is 5.16. The Labute approximate surface area is 167 Å². The number of hydrogen-bond acceptors (Lipinski definition) is 3. The summed E-state index contributed by atoms with van der Waals surface area (Å²) in [4.78, 5) is 0.146. The molecule has 0 spiro atoms. The van der Waals surface area contributed by atoms with Crippen LogP contribution in [0.2, 0.25) is 5.02 Å². The van der Waals surface area contributed by atoms with Gasteiger partial charge in [0, 0.05) is 5.02 Å². The van der Waals surface area contributed by atoms with E-state index in [1.165, 1.54) is 12.1 Å². The predicted octanol–water partition coefficient (Wildman–Crippen LogP) is 4.04. The first kappa shape index (κ1) is 19.9. The van der Waals surface area contributed by atoms with Gasteiger partial charge in [-0.3, -0.25) is 0 Å². The molecule has 0 fully saturated rings. The molecule has 0 radical (unpaired) electrons. The molecule has 0 aliphatic heterocycles. The summed E-state index contributed by atoms with van der Waals surface area (Å²) in [6, 6.07) is 15.1. The van der Waals surface area contributed by atoms with Gasteiger partial charge >= 0.3 is 0 Å². The minimum Gasteiger partial charge on any atom is -0.209 e. The summed E-state index contributed by atoms with van der Waals surface area (Å²) in [5.74, 6) is 5.66. The maximum Gasteiger partial charge on any atom is 0.241 e. The summed E-state index contributed by atoms with van der Waals surface area (Å²) in [6.45, 7) is 1.69. The highest BCUT2D eigenvalue weighted by molar-refractivity contribution is 14.1. The van der Waals surface area contributed by atoms with Crippen molar-refractivity contribution < 1.29 is 8.42 Å². The maximum atomic E-state index is 12.7. The van der Waals surface area contributed by atoms with Gasteiger partial charge in [-0.2, -0.15) is 0 Å². The van der Waals surface area contributed by atoms with Crippen LogP contribution in [0.3, 0.4) is 0 Å². The van der Waals surface area contributed by atoms with Crippen molar-refractivity contribution in [2.75, 3.05) is 0 Å². The van der Waals surface area contributed by atoms with E-state index in [1.807, 2.05) is 53.2 Å². The molecule has 130 valence electrons. The quantitative estimate of drug-likeness (QED) is 0.381. The molecule has 25 heavy (non-hydrogen) atoms. The number of sulfonamides is 1. The van der Waals surface area contributed by atoms with Crippen LogP contribution in [0.5, 0.6) is 0 Å². The van der Waals surface area contributed by atoms with Gasteiger partial charge in [0.25, 0.3) is 0 Å². The Balaban J connectivity index is 2.34. The van der Waals surface area contributed by atoms with E-state index in [-0.39, 0.29) is 4.90 Å². The van der Waals surface area contributed by atoms with Crippen molar-refractivity contribution in [1.82, 2.24) is 4.72 Å². The van der Waals surface area contributed by atoms with Crippen LogP contribution in [0.25, 0.3) is 0 Å². The highest BCUT2D eigenvalue weighted by atomic mass is 127. The molecule has 0 heterocycles. The van der Waals surface area contributed by atoms with Crippen LogP contribution < -0.4 is 4.72 Å². The molecule has 0 unspecified atom stereocenters. The van der Waals surface area contributed by atoms with Crippen molar-refractivity contribution in [3.8, 4) is 11.8 Å². The normalized spacial score (nSPS) is 13.0. The lowest BCUT2D eigenvalue weighted by molar-refractivity contribution is 0.574. The van der Waals surface area contributed by atoms with Crippen molar-refractivity contribution in [2.24, 2.45) is 3.21 Å². The first-order chi connectivity index (χ1) is 12.0. The van der Waals surface area contributed by atoms with Gasteiger partial charge in [-0.15, -0.1) is 0 Å². The molecule has 0 saturated carbocycles. The van der Waals surface area contributed by atoms with Crippen molar-refractivity contribution in [3.05, 3.63) is 65.2 Å². The van der Waals surface area contributed by atoms with Gasteiger partial charge in [0.1, 0.15) is 5.71 Å². The lowest BCUT2D eigenvalue weighted by Gasteiger charge is -2.18. The van der Waals surface area contributed by atoms with Gasteiger partial charge < -0.3 is 0 Å². The highest BCUT2D eigenvalue weighted by Gasteiger charge is 2.23. The van der Waals surface area contributed by atoms with Crippen LogP contribution in [0, 0.1) is 11.8 Å². The number of halogens is 2. The molecule has 0 aromatic heterocycles. The molecule has 0 amide bonds. The van der Waals surface area contributed by atoms with Crippen LogP contribution >= 0.6 is 34.5 Å². The number of nitrogens with one attached hydrogen (secondary N) is 1. The number of hydrogen-bond donors (Lipinski definition) is 1. The van der Waals surface area contributed by atoms with E-state index in [0.29, 0.717) is 17.2 Å². The molecule has 7 heteroatoms. The van der Waals surface area contributed by atoms with Crippen LogP contribution in [-0.2, 0) is 16.4 Å². The van der Waals surface area contributed by atoms with Crippen LogP contribution in [0.1, 0.15) is 12.5 Å². The Morgan fingerprint density at radius 1 is 1.20 bits per heavy atom. The van der Waals surface area contributed by atoms with Crippen molar-refractivity contribution in [1.29, 1.82) is 0 Å². The van der Waals surface area contributed by atoms with Gasteiger partial charge in [-0.05, 0) is 49.1 Å². The average molecular weight is 487 g/mol. The Morgan fingerprint density at radius 3 is 2.40 bits per heavy atom. The first-order valence-electron chi connectivity index (χ1n) is 7.39. The minimum absolute atomic E-state index is 0.146. The average Bonchev–Trinajstić information content (AvgIpc) is 2.60. The van der Waals surface area contributed by atoms with Crippen molar-refractivity contribution >= 4 is 50.2 Å². The van der Waals surface area contributed by atoms with Gasteiger partial charge in [0.15, 0.2) is 0 Å². The Hall–Kier alpha value is -1.40. The molecule has 0 aliphatic rings. The van der Waals surface area contributed by atoms with Gasteiger partial charge in [-0.1, -0.05) is 47.9 Å². The summed E-state index contributed by atoms with van der Waals surface area (Å²) in [6.07, 6.45) is 0.449. The molecular weight excluding hydrogens is 471 g/mol. The number of nitrogens with zero attached hydrogens (tertiary/aromatic N) is 1. The molecule has 2 aromatic carbocycles. The highest BCUT2D eigenvalue weighted by Crippen LogP contribution is 2.16. The largest absolute Gasteiger partial charge is 0.241 e. The van der Waals surface area contributed by atoms with Crippen LogP contribution in [0.15, 0.2) is 62.7 Å². The zero-order valence-electron chi connectivity index (χ0n) is 13.4. The summed E-state index contributed by atoms with van der Waals surface area (Å²) < 4.78 is 32.3. The maximum absolute atomic E-state index is 12.7. The SMILES string of the molecule is CC#CC(=NI)[C@@H](Cc1ccccc1)NS(=O)(=O)c1ccc(Cl)cc1. The third-order valence-electron chi connectivity index (χ3n) is 3.38. The molecule has 2 rings (SSSR count). The third-order valence-corrected chi connectivity index (χ3v) is 5.64. The summed E-state index contributed by atoms with van der Waals surface area (Å²) in [5, 5.41) is 0.478. The molecule has 0 bridgehead atoms. The lowest BCUT2D eigenvalue weighted by Crippen LogP contribution is -2.41. The molecular formula is C18H16ClIN2O2S. The monoisotopic (exact) mass is 486 g/mol. The topological polar surface area (TPSA) is 58.5 Å². The summed E-state index contributed by atoms with van der Waals surface area (Å²) in [5.41, 5.74) is 1.46. The van der Waals surface area contributed by atoms with Gasteiger partial charge in [0.05, 0.1) is 33.8 Å². The van der Waals surface area contributed by atoms with Crippen molar-refractivity contribution in [3.63, 3.8) is 0 Å². The molecule has 4 nitrogen and oxygen atoms in total. The number of benzene rings is 2. The fourth-order valence-corrected chi connectivity index (χ4v) is 3.99. The second-order valence-corrected chi connectivity index (χ2v) is 7.80. The number of rotatable bonds is 6. The van der Waals surface area contributed by atoms with Gasteiger partial charge in [-0.25, -0.2) is 16.3 Å². The zero-order chi connectivity index (χ0) is 18.3. The first-order valence-corrected chi connectivity index (χ1v) is 10.2. The zero-order valence-corrected chi connectivity index (χ0v) is 17.1. The standard InChI is InChI=1S/C18H16ClIN2O2S/c1-2-6-17(21-20)18(13-14-7-4-3-5-8-14)22-25(23,24)16-11-9-15(19)10-12-16/h3-5,7-12,18,22H,13H2,1H3/t18-/m1/s1. The molecule has 1 atom stereocenters. The molecule has 0 saturated heterocycles. The molecule has 2 aromatic rings. The smallest absolute Gasteiger partial charge is 0.209 e. The van der Waals surface area contributed by atoms with E-state index in [2.05, 4.69) is 19.8 Å². The van der Waals surface area contributed by atoms with E-state index < -0.39 is 16.1 Å². The fourth-order valence-electron chi connectivity index (χ4n) is 2.21. The third kappa shape index (κ3) is 5.82. The van der Waals surface area contributed by atoms with Gasteiger partial charge in [0.2, 0.25) is 10.0 Å². The Kier molecular flexibility index (Phi) is 7.44. The van der Waals surface area contributed by atoms with Crippen LogP contribution in [-0.4, -0.2) is 20.2 Å². The van der Waals surface area contributed by atoms with E-state index in [0.717, 1.165) is 5.56 Å².